The fourth-order valence-electron chi connectivity index (χ4n) is 3.47. The smallest absolute Gasteiger partial charge is 0.122 e. The molecule has 0 saturated heterocycles. The van der Waals surface area contributed by atoms with E-state index in [1.54, 1.807) is 7.11 Å². The van der Waals surface area contributed by atoms with Crippen LogP contribution in [0.1, 0.15) is 42.7 Å². The number of fused-ring (bicyclic) bond motifs is 1. The van der Waals surface area contributed by atoms with E-state index in [0.29, 0.717) is 12.0 Å². The van der Waals surface area contributed by atoms with E-state index in [1.807, 2.05) is 0 Å². The lowest BCUT2D eigenvalue weighted by Gasteiger charge is -2.35. The zero-order chi connectivity index (χ0) is 13.9. The molecule has 1 saturated carbocycles. The molecule has 2 heteroatoms. The van der Waals surface area contributed by atoms with Crippen LogP contribution in [0.15, 0.2) is 30.9 Å². The second kappa shape index (κ2) is 6.01. The van der Waals surface area contributed by atoms with Crippen molar-refractivity contribution in [2.45, 2.75) is 44.1 Å². The van der Waals surface area contributed by atoms with Crippen LogP contribution >= 0.6 is 0 Å². The lowest BCUT2D eigenvalue weighted by molar-refractivity contribution is 0.356. The Balaban J connectivity index is 1.85. The second-order valence-electron chi connectivity index (χ2n) is 6.16. The van der Waals surface area contributed by atoms with Crippen LogP contribution in [0.2, 0.25) is 0 Å². The van der Waals surface area contributed by atoms with Gasteiger partial charge in [0.15, 0.2) is 0 Å². The van der Waals surface area contributed by atoms with Gasteiger partial charge in [0.2, 0.25) is 0 Å². The fraction of sp³-hybridized carbons (Fsp3) is 0.556. The minimum Gasteiger partial charge on any atom is -0.496 e. The van der Waals surface area contributed by atoms with Crippen molar-refractivity contribution in [2.75, 3.05) is 13.7 Å². The first-order valence-electron chi connectivity index (χ1n) is 7.83. The number of ether oxygens (including phenoxy) is 1. The molecular formula is C18H25NO. The minimum atomic E-state index is 0.506. The molecule has 0 heterocycles. The maximum atomic E-state index is 5.61. The van der Waals surface area contributed by atoms with Gasteiger partial charge in [-0.25, -0.2) is 0 Å². The van der Waals surface area contributed by atoms with Crippen LogP contribution in [-0.4, -0.2) is 19.7 Å². The van der Waals surface area contributed by atoms with Gasteiger partial charge in [0.25, 0.3) is 0 Å². The summed E-state index contributed by atoms with van der Waals surface area (Å²) in [7, 11) is 1.78. The van der Waals surface area contributed by atoms with Gasteiger partial charge in [0.1, 0.15) is 5.75 Å². The van der Waals surface area contributed by atoms with E-state index in [9.17, 15) is 0 Å². The Kier molecular flexibility index (Phi) is 4.11. The van der Waals surface area contributed by atoms with Gasteiger partial charge in [-0.2, -0.15) is 0 Å². The van der Waals surface area contributed by atoms with Gasteiger partial charge >= 0.3 is 0 Å². The van der Waals surface area contributed by atoms with Gasteiger partial charge in [0, 0.05) is 17.5 Å². The van der Waals surface area contributed by atoms with Crippen LogP contribution in [0.3, 0.4) is 0 Å². The predicted octanol–water partition coefficient (Wildman–Crippen LogP) is 3.67. The Morgan fingerprint density at radius 1 is 1.35 bits per heavy atom. The summed E-state index contributed by atoms with van der Waals surface area (Å²) in [5, 5.41) is 3.81. The van der Waals surface area contributed by atoms with Gasteiger partial charge in [-0.3, -0.25) is 0 Å². The molecule has 2 aliphatic rings. The third kappa shape index (κ3) is 2.76. The Morgan fingerprint density at radius 2 is 2.20 bits per heavy atom. The van der Waals surface area contributed by atoms with E-state index in [4.69, 9.17) is 4.74 Å². The van der Waals surface area contributed by atoms with Crippen LogP contribution in [0.25, 0.3) is 0 Å². The van der Waals surface area contributed by atoms with E-state index in [2.05, 4.69) is 36.2 Å². The van der Waals surface area contributed by atoms with Crippen molar-refractivity contribution in [3.63, 3.8) is 0 Å². The normalized spacial score (nSPS) is 25.1. The highest BCUT2D eigenvalue weighted by atomic mass is 16.5. The van der Waals surface area contributed by atoms with Gasteiger partial charge in [-0.15, -0.1) is 6.58 Å². The van der Waals surface area contributed by atoms with Crippen molar-refractivity contribution in [2.24, 2.45) is 5.92 Å². The van der Waals surface area contributed by atoms with E-state index < -0.39 is 0 Å². The molecule has 0 aliphatic heterocycles. The molecule has 3 rings (SSSR count). The summed E-state index contributed by atoms with van der Waals surface area (Å²) in [4.78, 5) is 0. The molecule has 2 atom stereocenters. The Morgan fingerprint density at radius 3 is 2.90 bits per heavy atom. The zero-order valence-electron chi connectivity index (χ0n) is 12.4. The topological polar surface area (TPSA) is 21.3 Å². The minimum absolute atomic E-state index is 0.506. The standard InChI is InChI=1S/C18H25NO/c1-3-5-15-16(19-12-13-8-9-13)11-10-14-6-4-7-17(20-2)18(14)15/h3-4,6-7,13,15-16,19H,1,5,8-12H2,2H3/t15-,16-/m0/s1. The molecule has 1 fully saturated rings. The Labute approximate surface area is 122 Å². The molecule has 1 N–H and O–H groups in total. The number of rotatable bonds is 6. The third-order valence-electron chi connectivity index (χ3n) is 4.74. The van der Waals surface area contributed by atoms with Crippen LogP contribution < -0.4 is 10.1 Å². The summed E-state index contributed by atoms with van der Waals surface area (Å²) in [6.45, 7) is 5.14. The van der Waals surface area contributed by atoms with Crippen molar-refractivity contribution in [1.82, 2.24) is 5.32 Å². The van der Waals surface area contributed by atoms with Gasteiger partial charge in [-0.1, -0.05) is 18.2 Å². The molecule has 0 spiro atoms. The molecule has 2 nitrogen and oxygen atoms in total. The van der Waals surface area contributed by atoms with Crippen molar-refractivity contribution in [3.8, 4) is 5.75 Å². The fourth-order valence-corrected chi connectivity index (χ4v) is 3.47. The maximum Gasteiger partial charge on any atom is 0.122 e. The molecule has 1 aromatic rings. The highest BCUT2D eigenvalue weighted by molar-refractivity contribution is 5.45. The van der Waals surface area contributed by atoms with E-state index >= 15 is 0 Å². The van der Waals surface area contributed by atoms with Crippen LogP contribution in [0.5, 0.6) is 5.75 Å². The highest BCUT2D eigenvalue weighted by Crippen LogP contribution is 2.40. The third-order valence-corrected chi connectivity index (χ3v) is 4.74. The van der Waals surface area contributed by atoms with Gasteiger partial charge in [0.05, 0.1) is 7.11 Å². The zero-order valence-corrected chi connectivity index (χ0v) is 12.4. The summed E-state index contributed by atoms with van der Waals surface area (Å²) in [5.41, 5.74) is 2.87. The molecule has 0 unspecified atom stereocenters. The summed E-state index contributed by atoms with van der Waals surface area (Å²) >= 11 is 0. The first kappa shape index (κ1) is 13.7. The van der Waals surface area contributed by atoms with Gasteiger partial charge < -0.3 is 10.1 Å². The quantitative estimate of drug-likeness (QED) is 0.797. The Hall–Kier alpha value is -1.28. The van der Waals surface area contributed by atoms with E-state index in [0.717, 1.165) is 24.5 Å². The largest absolute Gasteiger partial charge is 0.496 e. The number of aryl methyl sites for hydroxylation is 1. The lowest BCUT2D eigenvalue weighted by Crippen LogP contribution is -2.39. The average Bonchev–Trinajstić information content (AvgIpc) is 3.30. The van der Waals surface area contributed by atoms with E-state index in [1.165, 1.54) is 36.9 Å². The molecule has 20 heavy (non-hydrogen) atoms. The lowest BCUT2D eigenvalue weighted by atomic mass is 9.77. The van der Waals surface area contributed by atoms with Crippen molar-refractivity contribution >= 4 is 0 Å². The summed E-state index contributed by atoms with van der Waals surface area (Å²) in [6.07, 6.45) is 8.28. The first-order chi connectivity index (χ1) is 9.83. The highest BCUT2D eigenvalue weighted by Gasteiger charge is 2.32. The molecule has 2 aliphatic carbocycles. The van der Waals surface area contributed by atoms with Crippen LogP contribution in [0, 0.1) is 5.92 Å². The molecule has 108 valence electrons. The second-order valence-corrected chi connectivity index (χ2v) is 6.16. The number of hydrogen-bond donors (Lipinski definition) is 1. The van der Waals surface area contributed by atoms with Crippen molar-refractivity contribution in [3.05, 3.63) is 42.0 Å². The SMILES string of the molecule is C=CC[C@@H]1c2c(cccc2OC)CC[C@@H]1NCC1CC1. The summed E-state index contributed by atoms with van der Waals surface area (Å²) < 4.78 is 5.61. The number of nitrogens with one attached hydrogen (secondary N) is 1. The number of hydrogen-bond acceptors (Lipinski definition) is 2. The first-order valence-corrected chi connectivity index (χ1v) is 7.83. The van der Waals surface area contributed by atoms with Crippen LogP contribution in [0.4, 0.5) is 0 Å². The number of methoxy groups -OCH3 is 1. The van der Waals surface area contributed by atoms with Crippen LogP contribution in [-0.2, 0) is 6.42 Å². The van der Waals surface area contributed by atoms with Crippen molar-refractivity contribution < 1.29 is 4.74 Å². The maximum absolute atomic E-state index is 5.61. The molecule has 0 amide bonds. The summed E-state index contributed by atoms with van der Waals surface area (Å²) in [6, 6.07) is 7.03. The van der Waals surface area contributed by atoms with Crippen molar-refractivity contribution in [1.29, 1.82) is 0 Å². The van der Waals surface area contributed by atoms with E-state index in [-0.39, 0.29) is 0 Å². The molecule has 0 aromatic heterocycles. The molecule has 1 aromatic carbocycles. The number of benzene rings is 1. The monoisotopic (exact) mass is 271 g/mol. The number of allylic oxidation sites excluding steroid dienone is 1. The summed E-state index contributed by atoms with van der Waals surface area (Å²) in [5.74, 6) is 2.48. The Bertz CT molecular complexity index is 464. The molecule has 0 radical (unpaired) electrons. The predicted molar refractivity (Wildman–Crippen MR) is 83.4 cm³/mol. The molecular weight excluding hydrogens is 246 g/mol. The molecule has 0 bridgehead atoms. The average molecular weight is 271 g/mol. The van der Waals surface area contributed by atoms with Gasteiger partial charge in [-0.05, 0) is 56.2 Å².